The van der Waals surface area contributed by atoms with Gasteiger partial charge in [-0.25, -0.2) is 0 Å². The van der Waals surface area contributed by atoms with Gasteiger partial charge in [-0.05, 0) is 36.6 Å². The molecule has 2 N–H and O–H groups in total. The number of nitrogens with two attached hydrogens (primary N) is 1. The summed E-state index contributed by atoms with van der Waals surface area (Å²) in [5.41, 5.74) is 6.93. The molecule has 0 saturated carbocycles. The van der Waals surface area contributed by atoms with Crippen LogP contribution in [0.25, 0.3) is 0 Å². The van der Waals surface area contributed by atoms with Crippen LogP contribution < -0.4 is 5.73 Å². The molecule has 0 aliphatic heterocycles. The summed E-state index contributed by atoms with van der Waals surface area (Å²) in [6, 6.07) is 4.61. The first-order valence-corrected chi connectivity index (χ1v) is 6.31. The minimum Gasteiger partial charge on any atom is -0.399 e. The van der Waals surface area contributed by atoms with Gasteiger partial charge in [0, 0.05) is 17.8 Å². The number of rotatable bonds is 4. The Balaban J connectivity index is 3.03. The van der Waals surface area contributed by atoms with Crippen molar-refractivity contribution in [2.45, 2.75) is 26.9 Å². The summed E-state index contributed by atoms with van der Waals surface area (Å²) in [7, 11) is 0. The van der Waals surface area contributed by atoms with Crippen molar-refractivity contribution in [2.75, 3.05) is 18.8 Å². The molecular formula is C14H19F3N2O. The molecule has 0 aliphatic carbocycles. The Morgan fingerprint density at radius 1 is 1.30 bits per heavy atom. The maximum atomic E-state index is 12.6. The number of hydrogen-bond donors (Lipinski definition) is 1. The van der Waals surface area contributed by atoms with Crippen molar-refractivity contribution in [3.63, 3.8) is 0 Å². The van der Waals surface area contributed by atoms with Crippen LogP contribution in [0.4, 0.5) is 18.9 Å². The molecule has 0 aliphatic rings. The molecule has 0 bridgehead atoms. The fourth-order valence-electron chi connectivity index (χ4n) is 2.00. The van der Waals surface area contributed by atoms with Crippen LogP contribution in [0.1, 0.15) is 29.8 Å². The van der Waals surface area contributed by atoms with Gasteiger partial charge in [0.05, 0.1) is 0 Å². The number of alkyl halides is 3. The fourth-order valence-corrected chi connectivity index (χ4v) is 2.00. The van der Waals surface area contributed by atoms with Gasteiger partial charge in [-0.2, -0.15) is 13.2 Å². The van der Waals surface area contributed by atoms with E-state index in [1.807, 2.05) is 0 Å². The Hall–Kier alpha value is -1.72. The molecule has 1 aromatic carbocycles. The van der Waals surface area contributed by atoms with Crippen molar-refractivity contribution in [3.05, 3.63) is 29.3 Å². The van der Waals surface area contributed by atoms with E-state index in [9.17, 15) is 18.0 Å². The minimum absolute atomic E-state index is 0.0478. The van der Waals surface area contributed by atoms with Gasteiger partial charge in [-0.15, -0.1) is 0 Å². The minimum atomic E-state index is -4.42. The first-order valence-electron chi connectivity index (χ1n) is 6.31. The predicted octanol–water partition coefficient (Wildman–Crippen LogP) is 3.24. The molecule has 1 aromatic rings. The van der Waals surface area contributed by atoms with E-state index in [0.29, 0.717) is 5.69 Å². The molecule has 0 aromatic heterocycles. The Morgan fingerprint density at radius 2 is 1.90 bits per heavy atom. The number of benzene rings is 1. The van der Waals surface area contributed by atoms with Gasteiger partial charge < -0.3 is 10.6 Å². The zero-order chi connectivity index (χ0) is 15.5. The van der Waals surface area contributed by atoms with Crippen molar-refractivity contribution in [1.82, 2.24) is 4.90 Å². The number of carbonyl (C=O) groups is 1. The van der Waals surface area contributed by atoms with Gasteiger partial charge in [0.2, 0.25) is 0 Å². The fraction of sp³-hybridized carbons (Fsp3) is 0.500. The summed E-state index contributed by atoms with van der Waals surface area (Å²) in [6.45, 7) is 4.07. The first kappa shape index (κ1) is 16.3. The lowest BCUT2D eigenvalue weighted by Crippen LogP contribution is -2.41. The highest BCUT2D eigenvalue weighted by Crippen LogP contribution is 2.20. The Morgan fingerprint density at radius 3 is 2.35 bits per heavy atom. The molecule has 1 rings (SSSR count). The quantitative estimate of drug-likeness (QED) is 0.865. The van der Waals surface area contributed by atoms with Crippen molar-refractivity contribution in [2.24, 2.45) is 5.92 Å². The molecule has 112 valence electrons. The normalized spacial score (nSPS) is 11.8. The first-order chi connectivity index (χ1) is 9.08. The second-order valence-corrected chi connectivity index (χ2v) is 5.33. The summed E-state index contributed by atoms with van der Waals surface area (Å²) in [5.74, 6) is -0.699. The van der Waals surface area contributed by atoms with Crippen LogP contribution >= 0.6 is 0 Å². The molecule has 3 nitrogen and oxygen atoms in total. The monoisotopic (exact) mass is 288 g/mol. The second kappa shape index (κ2) is 6.15. The molecule has 20 heavy (non-hydrogen) atoms. The molecule has 0 atom stereocenters. The van der Waals surface area contributed by atoms with E-state index in [-0.39, 0.29) is 18.0 Å². The van der Waals surface area contributed by atoms with Crippen LogP contribution in [-0.2, 0) is 0 Å². The van der Waals surface area contributed by atoms with E-state index in [4.69, 9.17) is 5.73 Å². The van der Waals surface area contributed by atoms with Crippen LogP contribution in [0.5, 0.6) is 0 Å². The number of hydrogen-bond acceptors (Lipinski definition) is 2. The van der Waals surface area contributed by atoms with Gasteiger partial charge in [0.1, 0.15) is 6.54 Å². The number of halogens is 3. The van der Waals surface area contributed by atoms with Gasteiger partial charge in [0.25, 0.3) is 5.91 Å². The van der Waals surface area contributed by atoms with E-state index in [0.717, 1.165) is 10.5 Å². The molecule has 6 heteroatoms. The number of carbonyl (C=O) groups excluding carboxylic acids is 1. The molecule has 0 radical (unpaired) electrons. The van der Waals surface area contributed by atoms with Crippen molar-refractivity contribution < 1.29 is 18.0 Å². The summed E-state index contributed by atoms with van der Waals surface area (Å²) < 4.78 is 37.7. The van der Waals surface area contributed by atoms with Crippen molar-refractivity contribution in [3.8, 4) is 0 Å². The topological polar surface area (TPSA) is 46.3 Å². The molecular weight excluding hydrogens is 269 g/mol. The zero-order valence-corrected chi connectivity index (χ0v) is 11.8. The average molecular weight is 288 g/mol. The van der Waals surface area contributed by atoms with E-state index in [1.165, 1.54) is 6.07 Å². The summed E-state index contributed by atoms with van der Waals surface area (Å²) >= 11 is 0. The molecule has 0 unspecified atom stereocenters. The highest BCUT2D eigenvalue weighted by molar-refractivity contribution is 5.95. The van der Waals surface area contributed by atoms with Crippen molar-refractivity contribution >= 4 is 11.6 Å². The Kier molecular flexibility index (Phi) is 5.03. The van der Waals surface area contributed by atoms with Crippen LogP contribution in [0.15, 0.2) is 18.2 Å². The lowest BCUT2D eigenvalue weighted by Gasteiger charge is -2.26. The number of nitrogens with zero attached hydrogens (tertiary/aromatic N) is 1. The van der Waals surface area contributed by atoms with E-state index >= 15 is 0 Å². The standard InChI is InChI=1S/C14H19F3N2O/c1-9(2)7-19(8-14(15,16)17)13(20)11-4-10(3)5-12(18)6-11/h4-6,9H,7-8,18H2,1-3H3. The van der Waals surface area contributed by atoms with Crippen LogP contribution in [0, 0.1) is 12.8 Å². The lowest BCUT2D eigenvalue weighted by molar-refractivity contribution is -0.141. The maximum Gasteiger partial charge on any atom is 0.406 e. The highest BCUT2D eigenvalue weighted by Gasteiger charge is 2.33. The Labute approximate surface area is 116 Å². The maximum absolute atomic E-state index is 12.6. The summed E-state index contributed by atoms with van der Waals surface area (Å²) in [5, 5.41) is 0. The number of nitrogen functional groups attached to an aromatic ring is 1. The van der Waals surface area contributed by atoms with Gasteiger partial charge in [-0.3, -0.25) is 4.79 Å². The smallest absolute Gasteiger partial charge is 0.399 e. The predicted molar refractivity (Wildman–Crippen MR) is 72.4 cm³/mol. The van der Waals surface area contributed by atoms with Crippen molar-refractivity contribution in [1.29, 1.82) is 0 Å². The van der Waals surface area contributed by atoms with Crippen LogP contribution in [0.3, 0.4) is 0 Å². The third-order valence-corrected chi connectivity index (χ3v) is 2.59. The SMILES string of the molecule is Cc1cc(N)cc(C(=O)N(CC(C)C)CC(F)(F)F)c1. The van der Waals surface area contributed by atoms with E-state index in [2.05, 4.69) is 0 Å². The largest absolute Gasteiger partial charge is 0.406 e. The number of amides is 1. The van der Waals surface area contributed by atoms with Gasteiger partial charge in [0.15, 0.2) is 0 Å². The summed E-state index contributed by atoms with van der Waals surface area (Å²) in [4.78, 5) is 13.1. The Bertz CT molecular complexity index is 464. The highest BCUT2D eigenvalue weighted by atomic mass is 19.4. The average Bonchev–Trinajstić information content (AvgIpc) is 2.23. The number of anilines is 1. The lowest BCUT2D eigenvalue weighted by atomic mass is 10.1. The van der Waals surface area contributed by atoms with Gasteiger partial charge in [-0.1, -0.05) is 13.8 Å². The third kappa shape index (κ3) is 5.11. The zero-order valence-electron chi connectivity index (χ0n) is 11.8. The van der Waals surface area contributed by atoms with Gasteiger partial charge >= 0.3 is 6.18 Å². The molecule has 0 spiro atoms. The molecule has 0 heterocycles. The summed E-state index contributed by atoms with van der Waals surface area (Å²) in [6.07, 6.45) is -4.42. The van der Waals surface area contributed by atoms with Crippen LogP contribution in [0.2, 0.25) is 0 Å². The molecule has 1 amide bonds. The second-order valence-electron chi connectivity index (χ2n) is 5.33. The molecule has 0 saturated heterocycles. The molecule has 0 fully saturated rings. The van der Waals surface area contributed by atoms with Crippen LogP contribution in [-0.4, -0.2) is 30.1 Å². The van der Waals surface area contributed by atoms with E-state index in [1.54, 1.807) is 32.9 Å². The van der Waals surface area contributed by atoms with E-state index < -0.39 is 18.6 Å². The third-order valence-electron chi connectivity index (χ3n) is 2.59. The number of aryl methyl sites for hydroxylation is 1.